The van der Waals surface area contributed by atoms with Gasteiger partial charge < -0.3 is 20.1 Å². The second kappa shape index (κ2) is 7.96. The summed E-state index contributed by atoms with van der Waals surface area (Å²) >= 11 is 1.18. The minimum absolute atomic E-state index is 0.0137. The van der Waals surface area contributed by atoms with E-state index in [1.165, 1.54) is 18.3 Å². The summed E-state index contributed by atoms with van der Waals surface area (Å²) in [4.78, 5) is 38.2. The number of β-amino-alcohol motifs (C(OH)–C–C–N with tert-alkyl or cyclic N) is 1. The highest BCUT2D eigenvalue weighted by Gasteiger charge is 2.32. The standard InChI is InChI=1S/C21H22N2O5S/c1-12(24)18-5-6-19(29-18)21(27)23-9-8-17(16(25)11-23)28-14-3-4-15-13(10-14)2-7-20(26)22-15/h3-6,10,16-17,25H,2,7-9,11H2,1H3,(H,22,26)/t16-,17-/m1/s1. The highest BCUT2D eigenvalue weighted by Crippen LogP contribution is 2.29. The molecule has 0 spiro atoms. The molecule has 2 aromatic rings. The van der Waals surface area contributed by atoms with E-state index in [0.717, 1.165) is 11.3 Å². The highest BCUT2D eigenvalue weighted by molar-refractivity contribution is 7.15. The molecule has 1 saturated heterocycles. The zero-order chi connectivity index (χ0) is 20.5. The van der Waals surface area contributed by atoms with E-state index in [1.807, 2.05) is 12.1 Å². The maximum absolute atomic E-state index is 12.7. The number of aryl methyl sites for hydroxylation is 1. The number of nitrogens with one attached hydrogen (secondary N) is 1. The smallest absolute Gasteiger partial charge is 0.264 e. The predicted molar refractivity (Wildman–Crippen MR) is 109 cm³/mol. The molecule has 7 nitrogen and oxygen atoms in total. The number of aliphatic hydroxyl groups excluding tert-OH is 1. The van der Waals surface area contributed by atoms with Crippen LogP contribution in [-0.4, -0.2) is 52.9 Å². The third-order valence-electron chi connectivity index (χ3n) is 5.23. The van der Waals surface area contributed by atoms with E-state index in [0.29, 0.717) is 41.3 Å². The summed E-state index contributed by atoms with van der Waals surface area (Å²) in [5.41, 5.74) is 1.82. The summed E-state index contributed by atoms with van der Waals surface area (Å²) in [6.45, 7) is 2.12. The third kappa shape index (κ3) is 4.18. The first-order chi connectivity index (χ1) is 13.9. The second-order valence-electron chi connectivity index (χ2n) is 7.35. The van der Waals surface area contributed by atoms with Crippen LogP contribution in [0.2, 0.25) is 0 Å². The highest BCUT2D eigenvalue weighted by atomic mass is 32.1. The van der Waals surface area contributed by atoms with Gasteiger partial charge in [0.1, 0.15) is 18.0 Å². The van der Waals surface area contributed by atoms with E-state index in [9.17, 15) is 19.5 Å². The summed E-state index contributed by atoms with van der Waals surface area (Å²) in [6, 6.07) is 8.81. The first-order valence-electron chi connectivity index (χ1n) is 9.58. The van der Waals surface area contributed by atoms with Gasteiger partial charge in [0.15, 0.2) is 5.78 Å². The van der Waals surface area contributed by atoms with Crippen molar-refractivity contribution in [3.63, 3.8) is 0 Å². The van der Waals surface area contributed by atoms with Crippen molar-refractivity contribution in [2.45, 2.75) is 38.4 Å². The number of hydrogen-bond donors (Lipinski definition) is 2. The van der Waals surface area contributed by atoms with Crippen LogP contribution in [0.1, 0.15) is 44.7 Å². The summed E-state index contributed by atoms with van der Waals surface area (Å²) < 4.78 is 5.99. The van der Waals surface area contributed by atoms with Crippen molar-refractivity contribution in [1.29, 1.82) is 0 Å². The van der Waals surface area contributed by atoms with Crippen LogP contribution in [0.15, 0.2) is 30.3 Å². The molecule has 2 aliphatic heterocycles. The van der Waals surface area contributed by atoms with Gasteiger partial charge in [0.25, 0.3) is 5.91 Å². The number of ketones is 1. The monoisotopic (exact) mass is 414 g/mol. The van der Waals surface area contributed by atoms with Gasteiger partial charge in [0.2, 0.25) is 5.91 Å². The Hall–Kier alpha value is -2.71. The van der Waals surface area contributed by atoms with Gasteiger partial charge in [0, 0.05) is 25.1 Å². The maximum Gasteiger partial charge on any atom is 0.264 e. The molecule has 2 amide bonds. The Morgan fingerprint density at radius 3 is 2.72 bits per heavy atom. The zero-order valence-electron chi connectivity index (χ0n) is 16.0. The Bertz CT molecular complexity index is 970. The van der Waals surface area contributed by atoms with Crippen molar-refractivity contribution in [1.82, 2.24) is 4.90 Å². The maximum atomic E-state index is 12.7. The summed E-state index contributed by atoms with van der Waals surface area (Å²) in [6.07, 6.45) is 0.401. The Labute approximate surface area is 172 Å². The van der Waals surface area contributed by atoms with Crippen molar-refractivity contribution in [2.24, 2.45) is 0 Å². The van der Waals surface area contributed by atoms with Gasteiger partial charge in [-0.05, 0) is 49.2 Å². The van der Waals surface area contributed by atoms with Crippen LogP contribution >= 0.6 is 11.3 Å². The van der Waals surface area contributed by atoms with E-state index in [2.05, 4.69) is 5.32 Å². The van der Waals surface area contributed by atoms with Crippen molar-refractivity contribution >= 4 is 34.6 Å². The van der Waals surface area contributed by atoms with E-state index >= 15 is 0 Å². The van der Waals surface area contributed by atoms with E-state index < -0.39 is 12.2 Å². The third-order valence-corrected chi connectivity index (χ3v) is 6.40. The summed E-state index contributed by atoms with van der Waals surface area (Å²) in [7, 11) is 0. The Balaban J connectivity index is 1.38. The average molecular weight is 414 g/mol. The lowest BCUT2D eigenvalue weighted by molar-refractivity contribution is -0.116. The molecule has 0 bridgehead atoms. The van der Waals surface area contributed by atoms with Gasteiger partial charge >= 0.3 is 0 Å². The van der Waals surface area contributed by atoms with E-state index in [1.54, 1.807) is 23.1 Å². The molecule has 0 radical (unpaired) electrons. The van der Waals surface area contributed by atoms with Crippen LogP contribution in [0.25, 0.3) is 0 Å². The number of fused-ring (bicyclic) bond motifs is 1. The number of carbonyl (C=O) groups excluding carboxylic acids is 3. The normalized spacial score (nSPS) is 21.3. The van der Waals surface area contributed by atoms with Crippen LogP contribution in [0.3, 0.4) is 0 Å². The first-order valence-corrected chi connectivity index (χ1v) is 10.4. The van der Waals surface area contributed by atoms with Crippen molar-refractivity contribution in [2.75, 3.05) is 18.4 Å². The molecule has 0 saturated carbocycles. The lowest BCUT2D eigenvalue weighted by Gasteiger charge is -2.36. The predicted octanol–water partition coefficient (Wildman–Crippen LogP) is 2.49. The minimum atomic E-state index is -0.810. The quantitative estimate of drug-likeness (QED) is 0.750. The minimum Gasteiger partial charge on any atom is -0.488 e. The lowest BCUT2D eigenvalue weighted by Crippen LogP contribution is -2.50. The first kappa shape index (κ1) is 19.6. The molecule has 1 fully saturated rings. The SMILES string of the molecule is CC(=O)c1ccc(C(=O)N2CC[C@@H](Oc3ccc4c(c3)CCC(=O)N4)[C@H](O)C2)s1. The van der Waals surface area contributed by atoms with Gasteiger partial charge in [-0.25, -0.2) is 0 Å². The number of carbonyl (C=O) groups is 3. The molecule has 1 aromatic heterocycles. The second-order valence-corrected chi connectivity index (χ2v) is 8.43. The average Bonchev–Trinajstić information content (AvgIpc) is 3.19. The number of likely N-dealkylation sites (tertiary alicyclic amines) is 1. The number of Topliss-reactive ketones (excluding diaryl/α,β-unsaturated/α-hetero) is 1. The fourth-order valence-corrected chi connectivity index (χ4v) is 4.51. The number of anilines is 1. The lowest BCUT2D eigenvalue weighted by atomic mass is 10.0. The summed E-state index contributed by atoms with van der Waals surface area (Å²) in [5, 5.41) is 13.4. The van der Waals surface area contributed by atoms with E-state index in [4.69, 9.17) is 4.74 Å². The number of aliphatic hydroxyl groups is 1. The number of benzene rings is 1. The largest absolute Gasteiger partial charge is 0.488 e. The number of amides is 2. The number of hydrogen-bond acceptors (Lipinski definition) is 6. The van der Waals surface area contributed by atoms with Crippen LogP contribution in [0.5, 0.6) is 5.75 Å². The molecule has 1 aromatic carbocycles. The van der Waals surface area contributed by atoms with Crippen LogP contribution in [0, 0.1) is 0 Å². The molecule has 4 rings (SSSR count). The van der Waals surface area contributed by atoms with Crippen LogP contribution < -0.4 is 10.1 Å². The number of piperidine rings is 1. The molecule has 0 unspecified atom stereocenters. The van der Waals surface area contributed by atoms with Gasteiger partial charge in [-0.3, -0.25) is 14.4 Å². The fourth-order valence-electron chi connectivity index (χ4n) is 3.64. The molecule has 152 valence electrons. The van der Waals surface area contributed by atoms with E-state index in [-0.39, 0.29) is 24.1 Å². The Kier molecular flexibility index (Phi) is 5.38. The molecule has 2 atom stereocenters. The van der Waals surface area contributed by atoms with Gasteiger partial charge in [-0.2, -0.15) is 0 Å². The molecule has 29 heavy (non-hydrogen) atoms. The topological polar surface area (TPSA) is 95.9 Å². The van der Waals surface area contributed by atoms with Crippen LogP contribution in [0.4, 0.5) is 5.69 Å². The van der Waals surface area contributed by atoms with Crippen LogP contribution in [-0.2, 0) is 11.2 Å². The summed E-state index contributed by atoms with van der Waals surface area (Å²) in [5.74, 6) is 0.420. The Morgan fingerprint density at radius 2 is 2.00 bits per heavy atom. The molecule has 0 aliphatic carbocycles. The van der Waals surface area contributed by atoms with Gasteiger partial charge in [-0.1, -0.05) is 0 Å². The Morgan fingerprint density at radius 1 is 1.21 bits per heavy atom. The van der Waals surface area contributed by atoms with Crippen molar-refractivity contribution in [3.05, 3.63) is 45.6 Å². The fraction of sp³-hybridized carbons (Fsp3) is 0.381. The number of thiophene rings is 1. The molecular formula is C21H22N2O5S. The van der Waals surface area contributed by atoms with Crippen molar-refractivity contribution < 1.29 is 24.2 Å². The number of rotatable bonds is 4. The number of ether oxygens (including phenoxy) is 1. The number of nitrogens with zero attached hydrogens (tertiary/aromatic N) is 1. The molecule has 2 aliphatic rings. The van der Waals surface area contributed by atoms with Gasteiger partial charge in [0.05, 0.1) is 16.3 Å². The van der Waals surface area contributed by atoms with Crippen molar-refractivity contribution in [3.8, 4) is 5.75 Å². The molecule has 8 heteroatoms. The van der Waals surface area contributed by atoms with Gasteiger partial charge in [-0.15, -0.1) is 11.3 Å². The molecule has 2 N–H and O–H groups in total. The molecular weight excluding hydrogens is 392 g/mol. The molecule has 3 heterocycles. The zero-order valence-corrected chi connectivity index (χ0v) is 16.8.